The van der Waals surface area contributed by atoms with Gasteiger partial charge in [-0.15, -0.1) is 0 Å². The van der Waals surface area contributed by atoms with Crippen molar-refractivity contribution in [1.82, 2.24) is 9.80 Å². The van der Waals surface area contributed by atoms with Crippen LogP contribution in [-0.4, -0.2) is 54.5 Å². The summed E-state index contributed by atoms with van der Waals surface area (Å²) in [5, 5.41) is 3.35. The normalized spacial score (nSPS) is 28.1. The minimum absolute atomic E-state index is 0.214. The lowest BCUT2D eigenvalue weighted by Crippen LogP contribution is -2.39. The molecule has 4 nitrogen and oxygen atoms in total. The maximum absolute atomic E-state index is 12.8. The number of amides is 1. The Morgan fingerprint density at radius 2 is 2.10 bits per heavy atom. The van der Waals surface area contributed by atoms with Gasteiger partial charge in [0.15, 0.2) is 0 Å². The first-order chi connectivity index (χ1) is 10.2. The molecule has 0 saturated carbocycles. The molecule has 2 fully saturated rings. The summed E-state index contributed by atoms with van der Waals surface area (Å²) in [5.74, 6) is 0.214. The largest absolute Gasteiger partial charge is 0.384 e. The quantitative estimate of drug-likeness (QED) is 0.857. The Bertz CT molecular complexity index is 571. The van der Waals surface area contributed by atoms with Crippen molar-refractivity contribution in [3.05, 3.63) is 29.3 Å². The fourth-order valence-electron chi connectivity index (χ4n) is 4.11. The van der Waals surface area contributed by atoms with Gasteiger partial charge in [0.2, 0.25) is 0 Å². The van der Waals surface area contributed by atoms with E-state index in [4.69, 9.17) is 0 Å². The van der Waals surface area contributed by atoms with E-state index in [1.165, 1.54) is 24.1 Å². The molecule has 21 heavy (non-hydrogen) atoms. The third-order valence-electron chi connectivity index (χ3n) is 5.50. The maximum Gasteiger partial charge on any atom is 0.253 e. The molecule has 2 unspecified atom stereocenters. The zero-order valence-electron chi connectivity index (χ0n) is 12.6. The van der Waals surface area contributed by atoms with Crippen LogP contribution in [-0.2, 0) is 6.42 Å². The van der Waals surface area contributed by atoms with Crippen LogP contribution in [0.5, 0.6) is 0 Å². The summed E-state index contributed by atoms with van der Waals surface area (Å²) in [4.78, 5) is 17.4. The monoisotopic (exact) mass is 285 g/mol. The highest BCUT2D eigenvalue weighted by atomic mass is 16.2. The molecule has 2 atom stereocenters. The molecule has 2 bridgehead atoms. The van der Waals surface area contributed by atoms with E-state index in [2.05, 4.69) is 34.3 Å². The first-order valence-electron chi connectivity index (χ1n) is 8.10. The van der Waals surface area contributed by atoms with E-state index >= 15 is 0 Å². The highest BCUT2D eigenvalue weighted by molar-refractivity contribution is 5.95. The summed E-state index contributed by atoms with van der Waals surface area (Å²) in [6, 6.07) is 7.36. The van der Waals surface area contributed by atoms with E-state index < -0.39 is 0 Å². The number of carbonyl (C=O) groups excluding carboxylic acids is 1. The van der Waals surface area contributed by atoms with Crippen LogP contribution in [0.2, 0.25) is 0 Å². The number of likely N-dealkylation sites (tertiary alicyclic amines) is 1. The second kappa shape index (κ2) is 5.02. The number of nitrogens with one attached hydrogen (secondary N) is 1. The van der Waals surface area contributed by atoms with E-state index in [0.717, 1.165) is 38.0 Å². The van der Waals surface area contributed by atoms with Crippen molar-refractivity contribution in [2.75, 3.05) is 32.0 Å². The highest BCUT2D eigenvalue weighted by Gasteiger charge is 2.36. The van der Waals surface area contributed by atoms with Crippen LogP contribution in [0, 0.1) is 0 Å². The molecular weight excluding hydrogens is 262 g/mol. The molecule has 3 aliphatic heterocycles. The van der Waals surface area contributed by atoms with Crippen LogP contribution in [0.25, 0.3) is 0 Å². The minimum Gasteiger partial charge on any atom is -0.384 e. The first kappa shape index (κ1) is 13.1. The smallest absolute Gasteiger partial charge is 0.253 e. The van der Waals surface area contributed by atoms with E-state index in [-0.39, 0.29) is 5.91 Å². The van der Waals surface area contributed by atoms with E-state index in [1.54, 1.807) is 0 Å². The molecule has 112 valence electrons. The lowest BCUT2D eigenvalue weighted by molar-refractivity contribution is 0.0740. The Morgan fingerprint density at radius 3 is 3.00 bits per heavy atom. The number of nitrogens with zero attached hydrogens (tertiary/aromatic N) is 2. The van der Waals surface area contributed by atoms with Crippen LogP contribution in [0.3, 0.4) is 0 Å². The average Bonchev–Trinajstić information content (AvgIpc) is 3.02. The van der Waals surface area contributed by atoms with Gasteiger partial charge in [0.1, 0.15) is 0 Å². The molecule has 3 heterocycles. The fourth-order valence-corrected chi connectivity index (χ4v) is 4.11. The van der Waals surface area contributed by atoms with E-state index in [9.17, 15) is 4.79 Å². The molecule has 0 spiro atoms. The topological polar surface area (TPSA) is 35.6 Å². The van der Waals surface area contributed by atoms with E-state index in [1.807, 2.05) is 6.07 Å². The molecular formula is C17H23N3O. The number of hydrogen-bond acceptors (Lipinski definition) is 3. The van der Waals surface area contributed by atoms with Gasteiger partial charge in [-0.2, -0.15) is 0 Å². The molecule has 0 aromatic heterocycles. The number of hydrogen-bond donors (Lipinski definition) is 1. The summed E-state index contributed by atoms with van der Waals surface area (Å²) in [6.45, 7) is 2.78. The van der Waals surface area contributed by atoms with Crippen molar-refractivity contribution in [3.8, 4) is 0 Å². The second-order valence-corrected chi connectivity index (χ2v) is 6.64. The minimum atomic E-state index is 0.214. The van der Waals surface area contributed by atoms with Gasteiger partial charge in [-0.3, -0.25) is 9.69 Å². The van der Waals surface area contributed by atoms with Gasteiger partial charge >= 0.3 is 0 Å². The van der Waals surface area contributed by atoms with Crippen molar-refractivity contribution in [2.45, 2.75) is 37.8 Å². The molecule has 2 saturated heterocycles. The first-order valence-corrected chi connectivity index (χ1v) is 8.10. The Labute approximate surface area is 126 Å². The lowest BCUT2D eigenvalue weighted by atomic mass is 10.1. The van der Waals surface area contributed by atoms with Crippen molar-refractivity contribution >= 4 is 11.6 Å². The van der Waals surface area contributed by atoms with Crippen molar-refractivity contribution < 1.29 is 4.79 Å². The number of benzene rings is 1. The maximum atomic E-state index is 12.8. The van der Waals surface area contributed by atoms with Crippen LogP contribution in [0.4, 0.5) is 5.69 Å². The molecule has 1 N–H and O–H groups in total. The third-order valence-corrected chi connectivity index (χ3v) is 5.50. The number of carbonyl (C=O) groups is 1. The zero-order valence-corrected chi connectivity index (χ0v) is 12.6. The van der Waals surface area contributed by atoms with Crippen molar-refractivity contribution in [2.24, 2.45) is 0 Å². The number of rotatable bonds is 1. The van der Waals surface area contributed by atoms with Crippen LogP contribution in [0.1, 0.15) is 35.2 Å². The second-order valence-electron chi connectivity index (χ2n) is 6.64. The molecule has 4 heteroatoms. The standard InChI is InChI=1S/C17H23N3O/c1-19-14-3-4-15(19)11-20(9-7-14)17(21)13-2-5-16-12(10-13)6-8-18-16/h2,5,10,14-15,18H,3-4,6-9,11H2,1H3. The SMILES string of the molecule is CN1C2CCC1CN(C(=O)c1ccc3c(c1)CCN3)CC2. The van der Waals surface area contributed by atoms with E-state index in [0.29, 0.717) is 12.1 Å². The Kier molecular flexibility index (Phi) is 3.14. The molecule has 3 aliphatic rings. The van der Waals surface area contributed by atoms with Gasteiger partial charge in [-0.25, -0.2) is 0 Å². The molecule has 0 aliphatic carbocycles. The predicted molar refractivity (Wildman–Crippen MR) is 83.7 cm³/mol. The number of fused-ring (bicyclic) bond motifs is 3. The van der Waals surface area contributed by atoms with Gasteiger partial charge in [0.05, 0.1) is 0 Å². The van der Waals surface area contributed by atoms with Gasteiger partial charge in [0.25, 0.3) is 5.91 Å². The third kappa shape index (κ3) is 2.22. The molecule has 1 aromatic rings. The Morgan fingerprint density at radius 1 is 1.24 bits per heavy atom. The Balaban J connectivity index is 1.54. The van der Waals surface area contributed by atoms with Gasteiger partial charge < -0.3 is 10.2 Å². The Hall–Kier alpha value is -1.55. The molecule has 0 radical (unpaired) electrons. The molecule has 1 amide bonds. The molecule has 1 aromatic carbocycles. The lowest BCUT2D eigenvalue weighted by Gasteiger charge is -2.26. The van der Waals surface area contributed by atoms with Crippen molar-refractivity contribution in [3.63, 3.8) is 0 Å². The van der Waals surface area contributed by atoms with Gasteiger partial charge in [0, 0.05) is 43.0 Å². The van der Waals surface area contributed by atoms with Crippen molar-refractivity contribution in [1.29, 1.82) is 0 Å². The highest BCUT2D eigenvalue weighted by Crippen LogP contribution is 2.29. The van der Waals surface area contributed by atoms with Crippen LogP contribution in [0.15, 0.2) is 18.2 Å². The summed E-state index contributed by atoms with van der Waals surface area (Å²) in [5.41, 5.74) is 3.34. The van der Waals surface area contributed by atoms with Crippen LogP contribution < -0.4 is 5.32 Å². The average molecular weight is 285 g/mol. The summed E-state index contributed by atoms with van der Waals surface area (Å²) in [7, 11) is 2.22. The summed E-state index contributed by atoms with van der Waals surface area (Å²) in [6.07, 6.45) is 4.68. The number of anilines is 1. The van der Waals surface area contributed by atoms with Gasteiger partial charge in [-0.1, -0.05) is 0 Å². The van der Waals surface area contributed by atoms with Gasteiger partial charge in [-0.05, 0) is 56.5 Å². The number of likely N-dealkylation sites (N-methyl/N-ethyl adjacent to an activating group) is 1. The fraction of sp³-hybridized carbons (Fsp3) is 0.588. The predicted octanol–water partition coefficient (Wildman–Crippen LogP) is 1.96. The zero-order chi connectivity index (χ0) is 14.4. The summed E-state index contributed by atoms with van der Waals surface area (Å²) < 4.78 is 0. The summed E-state index contributed by atoms with van der Waals surface area (Å²) >= 11 is 0. The molecule has 4 rings (SSSR count). The van der Waals surface area contributed by atoms with Crippen LogP contribution >= 0.6 is 0 Å².